The van der Waals surface area contributed by atoms with Crippen LogP contribution in [0.5, 0.6) is 0 Å². The van der Waals surface area contributed by atoms with Crippen molar-refractivity contribution in [2.45, 2.75) is 6.42 Å². The summed E-state index contributed by atoms with van der Waals surface area (Å²) in [5.41, 5.74) is 0.145. The summed E-state index contributed by atoms with van der Waals surface area (Å²) in [5, 5.41) is 0. The number of benzene rings is 1. The lowest BCUT2D eigenvalue weighted by atomic mass is 10.1. The minimum atomic E-state index is -3.52. The Balaban J connectivity index is 2.60. The Hall–Kier alpha value is -1.05. The molecule has 0 heterocycles. The van der Waals surface area contributed by atoms with Gasteiger partial charge in [0.25, 0.3) is 10.2 Å². The van der Waals surface area contributed by atoms with E-state index >= 15 is 0 Å². The van der Waals surface area contributed by atoms with E-state index in [-0.39, 0.29) is 18.5 Å². The van der Waals surface area contributed by atoms with E-state index in [0.717, 1.165) is 22.5 Å². The zero-order valence-electron chi connectivity index (χ0n) is 9.57. The second-order valence-electron chi connectivity index (χ2n) is 3.67. The molecule has 4 nitrogen and oxygen atoms in total. The first-order valence-electron chi connectivity index (χ1n) is 4.94. The molecule has 0 amide bonds. The Kier molecular flexibility index (Phi) is 4.55. The Morgan fingerprint density at radius 1 is 1.29 bits per heavy atom. The SMILES string of the molecule is CN(C)S(=O)(=O)NCCc1cc(F)ccc1F. The van der Waals surface area contributed by atoms with Gasteiger partial charge in [0.15, 0.2) is 0 Å². The van der Waals surface area contributed by atoms with Crippen molar-refractivity contribution >= 4 is 10.2 Å². The van der Waals surface area contributed by atoms with Crippen molar-refractivity contribution < 1.29 is 17.2 Å². The molecule has 0 bridgehead atoms. The monoisotopic (exact) mass is 264 g/mol. The number of rotatable bonds is 5. The van der Waals surface area contributed by atoms with Gasteiger partial charge in [-0.25, -0.2) is 13.5 Å². The quantitative estimate of drug-likeness (QED) is 0.859. The zero-order valence-corrected chi connectivity index (χ0v) is 10.4. The summed E-state index contributed by atoms with van der Waals surface area (Å²) in [6, 6.07) is 3.09. The summed E-state index contributed by atoms with van der Waals surface area (Å²) in [6.45, 7) is 0.0148. The summed E-state index contributed by atoms with van der Waals surface area (Å²) < 4.78 is 51.9. The van der Waals surface area contributed by atoms with Crippen LogP contribution in [0.3, 0.4) is 0 Å². The van der Waals surface area contributed by atoms with Gasteiger partial charge >= 0.3 is 0 Å². The first kappa shape index (κ1) is 14.0. The molecule has 0 spiro atoms. The highest BCUT2D eigenvalue weighted by molar-refractivity contribution is 7.87. The van der Waals surface area contributed by atoms with Crippen LogP contribution >= 0.6 is 0 Å². The number of halogens is 2. The molecule has 0 unspecified atom stereocenters. The summed E-state index contributed by atoms with van der Waals surface area (Å²) >= 11 is 0. The molecule has 7 heteroatoms. The van der Waals surface area contributed by atoms with Crippen LogP contribution in [0, 0.1) is 11.6 Å². The molecule has 0 radical (unpaired) electrons. The predicted molar refractivity (Wildman–Crippen MR) is 60.7 cm³/mol. The number of nitrogens with one attached hydrogen (secondary N) is 1. The Morgan fingerprint density at radius 2 is 1.94 bits per heavy atom. The fourth-order valence-corrected chi connectivity index (χ4v) is 1.80. The zero-order chi connectivity index (χ0) is 13.1. The molecule has 0 saturated heterocycles. The van der Waals surface area contributed by atoms with E-state index in [1.807, 2.05) is 0 Å². The van der Waals surface area contributed by atoms with Crippen LogP contribution in [-0.4, -0.2) is 33.4 Å². The van der Waals surface area contributed by atoms with Crippen molar-refractivity contribution in [1.82, 2.24) is 9.03 Å². The molecule has 1 N–H and O–H groups in total. The van der Waals surface area contributed by atoms with Gasteiger partial charge in [-0.05, 0) is 30.2 Å². The third-order valence-corrected chi connectivity index (χ3v) is 3.70. The minimum absolute atomic E-state index is 0.0148. The molecular formula is C10H14F2N2O2S. The fourth-order valence-electron chi connectivity index (χ4n) is 1.18. The maximum atomic E-state index is 13.2. The molecule has 0 fully saturated rings. The molecule has 0 saturated carbocycles. The smallest absolute Gasteiger partial charge is 0.207 e. The molecule has 0 atom stereocenters. The largest absolute Gasteiger partial charge is 0.278 e. The molecule has 96 valence electrons. The Bertz CT molecular complexity index is 489. The lowest BCUT2D eigenvalue weighted by Crippen LogP contribution is -2.36. The molecule has 1 aromatic rings. The first-order valence-corrected chi connectivity index (χ1v) is 6.38. The fraction of sp³-hybridized carbons (Fsp3) is 0.400. The lowest BCUT2D eigenvalue weighted by molar-refractivity contribution is 0.505. The van der Waals surface area contributed by atoms with Gasteiger partial charge in [-0.3, -0.25) is 0 Å². The maximum absolute atomic E-state index is 13.2. The van der Waals surface area contributed by atoms with Gasteiger partial charge in [0.1, 0.15) is 11.6 Å². The normalized spacial score (nSPS) is 12.1. The van der Waals surface area contributed by atoms with Crippen LogP contribution in [0.15, 0.2) is 18.2 Å². The topological polar surface area (TPSA) is 49.4 Å². The highest BCUT2D eigenvalue weighted by Crippen LogP contribution is 2.09. The van der Waals surface area contributed by atoms with E-state index in [2.05, 4.69) is 4.72 Å². The van der Waals surface area contributed by atoms with Gasteiger partial charge in [-0.1, -0.05) is 0 Å². The molecular weight excluding hydrogens is 250 g/mol. The van der Waals surface area contributed by atoms with Gasteiger partial charge in [-0.2, -0.15) is 12.7 Å². The van der Waals surface area contributed by atoms with Crippen molar-refractivity contribution in [2.24, 2.45) is 0 Å². The van der Waals surface area contributed by atoms with Gasteiger partial charge in [0, 0.05) is 20.6 Å². The Morgan fingerprint density at radius 3 is 2.53 bits per heavy atom. The van der Waals surface area contributed by atoms with Gasteiger partial charge < -0.3 is 0 Å². The lowest BCUT2D eigenvalue weighted by Gasteiger charge is -2.12. The highest BCUT2D eigenvalue weighted by Gasteiger charge is 2.12. The first-order chi connectivity index (χ1) is 7.83. The van der Waals surface area contributed by atoms with Crippen molar-refractivity contribution in [3.8, 4) is 0 Å². The summed E-state index contributed by atoms with van der Waals surface area (Å²) in [7, 11) is -0.764. The second-order valence-corrected chi connectivity index (χ2v) is 5.64. The van der Waals surface area contributed by atoms with Crippen LogP contribution in [0.2, 0.25) is 0 Å². The van der Waals surface area contributed by atoms with E-state index in [1.54, 1.807) is 0 Å². The average Bonchev–Trinajstić information content (AvgIpc) is 2.22. The van der Waals surface area contributed by atoms with E-state index in [9.17, 15) is 17.2 Å². The van der Waals surface area contributed by atoms with Gasteiger partial charge in [0.05, 0.1) is 0 Å². The van der Waals surface area contributed by atoms with E-state index in [0.29, 0.717) is 0 Å². The average molecular weight is 264 g/mol. The van der Waals surface area contributed by atoms with Gasteiger partial charge in [-0.15, -0.1) is 0 Å². The van der Waals surface area contributed by atoms with E-state index in [1.165, 1.54) is 14.1 Å². The summed E-state index contributed by atoms with van der Waals surface area (Å²) in [6.07, 6.45) is 0.0939. The molecule has 0 aliphatic rings. The number of hydrogen-bond donors (Lipinski definition) is 1. The highest BCUT2D eigenvalue weighted by atomic mass is 32.2. The third-order valence-electron chi connectivity index (χ3n) is 2.17. The molecule has 0 aliphatic carbocycles. The van der Waals surface area contributed by atoms with Crippen LogP contribution in [0.4, 0.5) is 8.78 Å². The van der Waals surface area contributed by atoms with Crippen LogP contribution in [-0.2, 0) is 16.6 Å². The maximum Gasteiger partial charge on any atom is 0.278 e. The molecule has 0 aliphatic heterocycles. The number of nitrogens with zero attached hydrogens (tertiary/aromatic N) is 1. The van der Waals surface area contributed by atoms with Gasteiger partial charge in [0.2, 0.25) is 0 Å². The second kappa shape index (κ2) is 5.52. The predicted octanol–water partition coefficient (Wildman–Crippen LogP) is 0.903. The van der Waals surface area contributed by atoms with E-state index in [4.69, 9.17) is 0 Å². The molecule has 0 aromatic heterocycles. The number of hydrogen-bond acceptors (Lipinski definition) is 2. The molecule has 1 rings (SSSR count). The molecule has 1 aromatic carbocycles. The van der Waals surface area contributed by atoms with Crippen molar-refractivity contribution in [3.63, 3.8) is 0 Å². The van der Waals surface area contributed by atoms with Crippen LogP contribution < -0.4 is 4.72 Å². The van der Waals surface area contributed by atoms with Crippen molar-refractivity contribution in [2.75, 3.05) is 20.6 Å². The third kappa shape index (κ3) is 4.03. The van der Waals surface area contributed by atoms with Crippen LogP contribution in [0.1, 0.15) is 5.56 Å². The molecule has 17 heavy (non-hydrogen) atoms. The van der Waals surface area contributed by atoms with Crippen LogP contribution in [0.25, 0.3) is 0 Å². The summed E-state index contributed by atoms with van der Waals surface area (Å²) in [4.78, 5) is 0. The van der Waals surface area contributed by atoms with Crippen molar-refractivity contribution in [3.05, 3.63) is 35.4 Å². The summed E-state index contributed by atoms with van der Waals surface area (Å²) in [5.74, 6) is -1.09. The van der Waals surface area contributed by atoms with Crippen molar-refractivity contribution in [1.29, 1.82) is 0 Å². The standard InChI is InChI=1S/C10H14F2N2O2S/c1-14(2)17(15,16)13-6-5-8-7-9(11)3-4-10(8)12/h3-4,7,13H,5-6H2,1-2H3. The minimum Gasteiger partial charge on any atom is -0.207 e. The Labute approximate surface area is 99.4 Å². The van der Waals surface area contributed by atoms with E-state index < -0.39 is 21.8 Å².